The van der Waals surface area contributed by atoms with Gasteiger partial charge in [0.1, 0.15) is 11.6 Å². The lowest BCUT2D eigenvalue weighted by Crippen LogP contribution is -2.06. The summed E-state index contributed by atoms with van der Waals surface area (Å²) in [6.45, 7) is 0. The van der Waals surface area contributed by atoms with Gasteiger partial charge in [0.05, 0.1) is 10.5 Å². The molecule has 1 aromatic rings. The van der Waals surface area contributed by atoms with Crippen molar-refractivity contribution < 1.29 is 23.6 Å². The summed E-state index contributed by atoms with van der Waals surface area (Å²) in [6.07, 6.45) is -3.13. The van der Waals surface area contributed by atoms with Crippen molar-refractivity contribution >= 4 is 11.7 Å². The molecule has 0 spiro atoms. The van der Waals surface area contributed by atoms with Crippen LogP contribution in [-0.2, 0) is 0 Å². The Labute approximate surface area is 92.9 Å². The molecule has 8 heteroatoms. The molecule has 1 N–H and O–H groups in total. The minimum absolute atomic E-state index is 0.461. The zero-order valence-corrected chi connectivity index (χ0v) is 8.05. The second-order valence-electron chi connectivity index (χ2n) is 2.93. The number of carboxylic acid groups (broad SMARTS) is 1. The molecule has 0 amide bonds. The number of halogens is 2. The molecule has 0 unspecified atom stereocenters. The van der Waals surface area contributed by atoms with Gasteiger partial charge in [-0.15, -0.1) is 0 Å². The van der Waals surface area contributed by atoms with Crippen LogP contribution in [0.1, 0.15) is 27.9 Å². The van der Waals surface area contributed by atoms with Crippen LogP contribution in [0.25, 0.3) is 0 Å². The van der Waals surface area contributed by atoms with Crippen LogP contribution in [0.5, 0.6) is 0 Å². The molecule has 0 aliphatic heterocycles. The number of carboxylic acids is 1. The highest BCUT2D eigenvalue weighted by molar-refractivity contribution is 5.91. The van der Waals surface area contributed by atoms with Crippen LogP contribution in [0, 0.1) is 21.4 Å². The van der Waals surface area contributed by atoms with E-state index >= 15 is 0 Å². The summed E-state index contributed by atoms with van der Waals surface area (Å²) in [7, 11) is 0. The van der Waals surface area contributed by atoms with E-state index in [4.69, 9.17) is 10.4 Å². The van der Waals surface area contributed by atoms with E-state index in [0.29, 0.717) is 12.1 Å². The van der Waals surface area contributed by atoms with E-state index in [0.717, 1.165) is 0 Å². The van der Waals surface area contributed by atoms with Gasteiger partial charge >= 0.3 is 5.97 Å². The first-order chi connectivity index (χ1) is 7.88. The monoisotopic (exact) mass is 242 g/mol. The Kier molecular flexibility index (Phi) is 3.33. The molecular formula is C9H4F2N2O4. The summed E-state index contributed by atoms with van der Waals surface area (Å²) in [5.41, 5.74) is -3.21. The van der Waals surface area contributed by atoms with E-state index in [1.807, 2.05) is 0 Å². The SMILES string of the molecule is N#Cc1cc(C(F)F)c(C(=O)O)cc1[N+](=O)[O-]. The minimum atomic E-state index is -3.13. The average molecular weight is 242 g/mol. The molecule has 6 nitrogen and oxygen atoms in total. The van der Waals surface area contributed by atoms with Crippen LogP contribution < -0.4 is 0 Å². The number of hydrogen-bond donors (Lipinski definition) is 1. The van der Waals surface area contributed by atoms with Crippen molar-refractivity contribution in [1.29, 1.82) is 5.26 Å². The summed E-state index contributed by atoms with van der Waals surface area (Å²) in [5, 5.41) is 27.7. The van der Waals surface area contributed by atoms with Gasteiger partial charge in [0.15, 0.2) is 0 Å². The molecule has 0 radical (unpaired) electrons. The van der Waals surface area contributed by atoms with Crippen molar-refractivity contribution in [2.24, 2.45) is 0 Å². The lowest BCUT2D eigenvalue weighted by molar-refractivity contribution is -0.385. The molecular weight excluding hydrogens is 238 g/mol. The number of nitrogens with zero attached hydrogens (tertiary/aromatic N) is 2. The van der Waals surface area contributed by atoms with Crippen molar-refractivity contribution in [2.45, 2.75) is 6.43 Å². The second kappa shape index (κ2) is 4.52. The van der Waals surface area contributed by atoms with Crippen LogP contribution in [-0.4, -0.2) is 16.0 Å². The number of rotatable bonds is 3. The lowest BCUT2D eigenvalue weighted by atomic mass is 10.0. The standard InChI is InChI=1S/C9H4F2N2O4/c10-8(11)5-1-4(3-12)7(13(16)17)2-6(5)9(14)15/h1-2,8H,(H,14,15). The minimum Gasteiger partial charge on any atom is -0.478 e. The lowest BCUT2D eigenvalue weighted by Gasteiger charge is -2.05. The van der Waals surface area contributed by atoms with Crippen molar-refractivity contribution in [3.05, 3.63) is 38.9 Å². The maximum absolute atomic E-state index is 12.5. The molecule has 0 bridgehead atoms. The normalized spacial score (nSPS) is 10.0. The predicted molar refractivity (Wildman–Crippen MR) is 49.7 cm³/mol. The van der Waals surface area contributed by atoms with Crippen LogP contribution in [0.2, 0.25) is 0 Å². The Morgan fingerprint density at radius 2 is 2.12 bits per heavy atom. The van der Waals surface area contributed by atoms with Crippen molar-refractivity contribution in [2.75, 3.05) is 0 Å². The highest BCUT2D eigenvalue weighted by atomic mass is 19.3. The summed E-state index contributed by atoms with van der Waals surface area (Å²) in [4.78, 5) is 20.2. The number of hydrogen-bond acceptors (Lipinski definition) is 4. The Morgan fingerprint density at radius 3 is 2.47 bits per heavy atom. The molecule has 1 rings (SSSR count). The van der Waals surface area contributed by atoms with Crippen LogP contribution in [0.4, 0.5) is 14.5 Å². The molecule has 0 saturated carbocycles. The largest absolute Gasteiger partial charge is 0.478 e. The first kappa shape index (κ1) is 12.5. The Morgan fingerprint density at radius 1 is 1.53 bits per heavy atom. The third-order valence-electron chi connectivity index (χ3n) is 1.95. The molecule has 0 heterocycles. The fourth-order valence-corrected chi connectivity index (χ4v) is 1.21. The van der Waals surface area contributed by atoms with Crippen molar-refractivity contribution in [3.8, 4) is 6.07 Å². The van der Waals surface area contributed by atoms with Crippen LogP contribution in [0.15, 0.2) is 12.1 Å². The Bertz CT molecular complexity index is 537. The van der Waals surface area contributed by atoms with E-state index in [-0.39, 0.29) is 0 Å². The number of nitro groups is 1. The molecule has 0 aliphatic rings. The molecule has 88 valence electrons. The molecule has 0 aromatic heterocycles. The van der Waals surface area contributed by atoms with Gasteiger partial charge in [0.25, 0.3) is 12.1 Å². The first-order valence-corrected chi connectivity index (χ1v) is 4.12. The van der Waals surface area contributed by atoms with Gasteiger partial charge in [-0.25, -0.2) is 13.6 Å². The third-order valence-corrected chi connectivity index (χ3v) is 1.95. The number of aromatic carboxylic acids is 1. The second-order valence-corrected chi connectivity index (χ2v) is 2.93. The fraction of sp³-hybridized carbons (Fsp3) is 0.111. The van der Waals surface area contributed by atoms with Gasteiger partial charge in [0.2, 0.25) is 0 Å². The average Bonchev–Trinajstić information content (AvgIpc) is 2.26. The van der Waals surface area contributed by atoms with Gasteiger partial charge in [-0.2, -0.15) is 5.26 Å². The van der Waals surface area contributed by atoms with Crippen LogP contribution in [0.3, 0.4) is 0 Å². The number of alkyl halides is 2. The maximum Gasteiger partial charge on any atom is 0.336 e. The maximum atomic E-state index is 12.5. The molecule has 0 aliphatic carbocycles. The van der Waals surface area contributed by atoms with Gasteiger partial charge in [0, 0.05) is 11.6 Å². The zero-order chi connectivity index (χ0) is 13.2. The molecule has 0 saturated heterocycles. The highest BCUT2D eigenvalue weighted by Gasteiger charge is 2.25. The number of nitro benzene ring substituents is 1. The highest BCUT2D eigenvalue weighted by Crippen LogP contribution is 2.29. The molecule has 0 atom stereocenters. The van der Waals surface area contributed by atoms with Gasteiger partial charge in [-0.3, -0.25) is 10.1 Å². The van der Waals surface area contributed by atoms with Crippen molar-refractivity contribution in [1.82, 2.24) is 0 Å². The van der Waals surface area contributed by atoms with Gasteiger partial charge in [-0.1, -0.05) is 0 Å². The van der Waals surface area contributed by atoms with E-state index in [9.17, 15) is 23.7 Å². The Hall–Kier alpha value is -2.56. The summed E-state index contributed by atoms with van der Waals surface area (Å²) in [6, 6.07) is 2.35. The molecule has 1 aromatic carbocycles. The predicted octanol–water partition coefficient (Wildman–Crippen LogP) is 2.10. The van der Waals surface area contributed by atoms with Gasteiger partial charge < -0.3 is 5.11 Å². The Balaban J connectivity index is 3.61. The summed E-state index contributed by atoms with van der Waals surface area (Å²) < 4.78 is 25.0. The summed E-state index contributed by atoms with van der Waals surface area (Å²) >= 11 is 0. The summed E-state index contributed by atoms with van der Waals surface area (Å²) in [5.74, 6) is -1.71. The van der Waals surface area contributed by atoms with Crippen molar-refractivity contribution in [3.63, 3.8) is 0 Å². The number of benzene rings is 1. The van der Waals surface area contributed by atoms with E-state index in [2.05, 4.69) is 0 Å². The smallest absolute Gasteiger partial charge is 0.336 e. The zero-order valence-electron chi connectivity index (χ0n) is 8.05. The quantitative estimate of drug-likeness (QED) is 0.645. The topological polar surface area (TPSA) is 104 Å². The van der Waals surface area contributed by atoms with Crippen LogP contribution >= 0.6 is 0 Å². The molecule has 17 heavy (non-hydrogen) atoms. The first-order valence-electron chi connectivity index (χ1n) is 4.12. The number of nitriles is 1. The molecule has 0 fully saturated rings. The van der Waals surface area contributed by atoms with E-state index < -0.39 is 39.7 Å². The van der Waals surface area contributed by atoms with E-state index in [1.165, 1.54) is 6.07 Å². The fourth-order valence-electron chi connectivity index (χ4n) is 1.21. The van der Waals surface area contributed by atoms with Gasteiger partial charge in [-0.05, 0) is 6.07 Å². The third kappa shape index (κ3) is 2.34. The van der Waals surface area contributed by atoms with E-state index in [1.54, 1.807) is 0 Å². The number of carbonyl (C=O) groups is 1.